The molecule has 0 saturated heterocycles. The van der Waals surface area contributed by atoms with Crippen molar-refractivity contribution >= 4 is 5.97 Å². The van der Waals surface area contributed by atoms with Crippen molar-refractivity contribution in [3.05, 3.63) is 0 Å². The van der Waals surface area contributed by atoms with Gasteiger partial charge in [0.2, 0.25) is 0 Å². The zero-order valence-corrected chi connectivity index (χ0v) is 13.8. The summed E-state index contributed by atoms with van der Waals surface area (Å²) < 4.78 is 0. The third kappa shape index (κ3) is 13.9. The normalized spacial score (nSPS) is 12.5. The topological polar surface area (TPSA) is 37.3 Å². The van der Waals surface area contributed by atoms with Crippen LogP contribution in [0.25, 0.3) is 0 Å². The molecule has 20 heavy (non-hydrogen) atoms. The molecule has 0 aliphatic rings. The standard InChI is InChI=1S/C18H36O2/c1-3-14-17(4-2)15-12-10-8-6-5-7-9-11-13-16-18(19)20/h17H,3-16H2,1-2H3,(H,19,20). The second kappa shape index (κ2) is 14.9. The van der Waals surface area contributed by atoms with E-state index in [-0.39, 0.29) is 0 Å². The van der Waals surface area contributed by atoms with Crippen LogP contribution < -0.4 is 0 Å². The summed E-state index contributed by atoms with van der Waals surface area (Å²) in [6, 6.07) is 0. The fraction of sp³-hybridized carbons (Fsp3) is 0.944. The monoisotopic (exact) mass is 284 g/mol. The molecule has 1 unspecified atom stereocenters. The van der Waals surface area contributed by atoms with Gasteiger partial charge < -0.3 is 5.11 Å². The maximum Gasteiger partial charge on any atom is 0.303 e. The van der Waals surface area contributed by atoms with Crippen LogP contribution in [0, 0.1) is 5.92 Å². The third-order valence-corrected chi connectivity index (χ3v) is 4.28. The van der Waals surface area contributed by atoms with E-state index in [1.54, 1.807) is 0 Å². The number of carboxylic acid groups (broad SMARTS) is 1. The molecule has 0 radical (unpaired) electrons. The number of carbonyl (C=O) groups is 1. The van der Waals surface area contributed by atoms with Gasteiger partial charge in [-0.3, -0.25) is 4.79 Å². The molecule has 0 amide bonds. The molecular weight excluding hydrogens is 248 g/mol. The van der Waals surface area contributed by atoms with Crippen LogP contribution >= 0.6 is 0 Å². The van der Waals surface area contributed by atoms with Crippen LogP contribution in [0.3, 0.4) is 0 Å². The minimum atomic E-state index is -0.654. The van der Waals surface area contributed by atoms with Gasteiger partial charge in [0.05, 0.1) is 0 Å². The molecule has 0 aromatic rings. The Hall–Kier alpha value is -0.530. The van der Waals surface area contributed by atoms with E-state index in [1.807, 2.05) is 0 Å². The number of rotatable bonds is 15. The number of aliphatic carboxylic acids is 1. The van der Waals surface area contributed by atoms with Crippen LogP contribution in [0.1, 0.15) is 104 Å². The lowest BCUT2D eigenvalue weighted by Gasteiger charge is -2.12. The van der Waals surface area contributed by atoms with Gasteiger partial charge in [-0.05, 0) is 12.3 Å². The van der Waals surface area contributed by atoms with E-state index in [0.717, 1.165) is 18.8 Å². The Morgan fingerprint density at radius 2 is 1.30 bits per heavy atom. The first kappa shape index (κ1) is 19.5. The summed E-state index contributed by atoms with van der Waals surface area (Å²) in [5, 5.41) is 8.53. The van der Waals surface area contributed by atoms with Gasteiger partial charge in [-0.15, -0.1) is 0 Å². The van der Waals surface area contributed by atoms with Crippen molar-refractivity contribution < 1.29 is 9.90 Å². The van der Waals surface area contributed by atoms with Crippen LogP contribution in [-0.4, -0.2) is 11.1 Å². The van der Waals surface area contributed by atoms with Crippen LogP contribution in [0.4, 0.5) is 0 Å². The Morgan fingerprint density at radius 3 is 1.75 bits per heavy atom. The predicted molar refractivity (Wildman–Crippen MR) is 87.1 cm³/mol. The second-order valence-corrected chi connectivity index (χ2v) is 6.18. The number of unbranched alkanes of at least 4 members (excludes halogenated alkanes) is 8. The van der Waals surface area contributed by atoms with Gasteiger partial charge in [0, 0.05) is 6.42 Å². The highest BCUT2D eigenvalue weighted by molar-refractivity contribution is 5.66. The van der Waals surface area contributed by atoms with E-state index in [2.05, 4.69) is 13.8 Å². The molecule has 0 spiro atoms. The van der Waals surface area contributed by atoms with Gasteiger partial charge >= 0.3 is 5.97 Å². The van der Waals surface area contributed by atoms with Crippen LogP contribution in [-0.2, 0) is 4.79 Å². The molecule has 0 rings (SSSR count). The van der Waals surface area contributed by atoms with Crippen molar-refractivity contribution in [2.45, 2.75) is 104 Å². The van der Waals surface area contributed by atoms with Gasteiger partial charge in [0.25, 0.3) is 0 Å². The summed E-state index contributed by atoms with van der Waals surface area (Å²) in [6.07, 6.45) is 17.2. The summed E-state index contributed by atoms with van der Waals surface area (Å²) >= 11 is 0. The SMILES string of the molecule is CCCC(CC)CCCCCCCCCCCC(=O)O. The zero-order valence-electron chi connectivity index (χ0n) is 13.8. The predicted octanol–water partition coefficient (Wildman–Crippen LogP) is 6.19. The van der Waals surface area contributed by atoms with E-state index >= 15 is 0 Å². The van der Waals surface area contributed by atoms with Crippen LogP contribution in [0.2, 0.25) is 0 Å². The highest BCUT2D eigenvalue weighted by Gasteiger charge is 2.04. The van der Waals surface area contributed by atoms with Crippen molar-refractivity contribution in [3.63, 3.8) is 0 Å². The average Bonchev–Trinajstić information content (AvgIpc) is 2.43. The second-order valence-electron chi connectivity index (χ2n) is 6.18. The summed E-state index contributed by atoms with van der Waals surface area (Å²) in [7, 11) is 0. The van der Waals surface area contributed by atoms with E-state index in [9.17, 15) is 4.79 Å². The maximum absolute atomic E-state index is 10.3. The highest BCUT2D eigenvalue weighted by atomic mass is 16.4. The Balaban J connectivity index is 3.14. The zero-order chi connectivity index (χ0) is 15.1. The van der Waals surface area contributed by atoms with Gasteiger partial charge in [0.15, 0.2) is 0 Å². The fourth-order valence-corrected chi connectivity index (χ4v) is 2.91. The lowest BCUT2D eigenvalue weighted by Crippen LogP contribution is -1.98. The molecular formula is C18H36O2. The fourth-order valence-electron chi connectivity index (χ4n) is 2.91. The first-order valence-electron chi connectivity index (χ1n) is 8.92. The summed E-state index contributed by atoms with van der Waals surface area (Å²) in [5.74, 6) is 0.313. The quantitative estimate of drug-likeness (QED) is 0.364. The van der Waals surface area contributed by atoms with E-state index < -0.39 is 5.97 Å². The van der Waals surface area contributed by atoms with Gasteiger partial charge in [0.1, 0.15) is 0 Å². The minimum Gasteiger partial charge on any atom is -0.481 e. The molecule has 1 N–H and O–H groups in total. The van der Waals surface area contributed by atoms with Crippen molar-refractivity contribution in [1.82, 2.24) is 0 Å². The first-order chi connectivity index (χ1) is 9.70. The molecule has 0 fully saturated rings. The van der Waals surface area contributed by atoms with Gasteiger partial charge in [-0.25, -0.2) is 0 Å². The summed E-state index contributed by atoms with van der Waals surface area (Å²) in [6.45, 7) is 4.61. The Kier molecular flexibility index (Phi) is 14.5. The number of carboxylic acids is 1. The summed E-state index contributed by atoms with van der Waals surface area (Å²) in [4.78, 5) is 10.3. The van der Waals surface area contributed by atoms with E-state index in [1.165, 1.54) is 70.6 Å². The first-order valence-corrected chi connectivity index (χ1v) is 8.92. The largest absolute Gasteiger partial charge is 0.481 e. The maximum atomic E-state index is 10.3. The molecule has 0 aliphatic heterocycles. The van der Waals surface area contributed by atoms with Crippen molar-refractivity contribution in [1.29, 1.82) is 0 Å². The molecule has 0 aromatic heterocycles. The Morgan fingerprint density at radius 1 is 0.800 bits per heavy atom. The number of hydrogen-bond donors (Lipinski definition) is 1. The lowest BCUT2D eigenvalue weighted by molar-refractivity contribution is -0.137. The molecule has 1 atom stereocenters. The smallest absolute Gasteiger partial charge is 0.303 e. The molecule has 0 heterocycles. The van der Waals surface area contributed by atoms with Crippen molar-refractivity contribution in [2.24, 2.45) is 5.92 Å². The minimum absolute atomic E-state index is 0.344. The van der Waals surface area contributed by atoms with Crippen molar-refractivity contribution in [3.8, 4) is 0 Å². The summed E-state index contributed by atoms with van der Waals surface area (Å²) in [5.41, 5.74) is 0. The average molecular weight is 284 g/mol. The molecule has 2 heteroatoms. The van der Waals surface area contributed by atoms with E-state index in [4.69, 9.17) is 5.11 Å². The van der Waals surface area contributed by atoms with Crippen LogP contribution in [0.5, 0.6) is 0 Å². The van der Waals surface area contributed by atoms with Crippen LogP contribution in [0.15, 0.2) is 0 Å². The molecule has 2 nitrogen and oxygen atoms in total. The highest BCUT2D eigenvalue weighted by Crippen LogP contribution is 2.19. The Labute approximate surface area is 126 Å². The third-order valence-electron chi connectivity index (χ3n) is 4.28. The molecule has 0 aliphatic carbocycles. The molecule has 120 valence electrons. The number of hydrogen-bond acceptors (Lipinski definition) is 1. The van der Waals surface area contributed by atoms with Gasteiger partial charge in [-0.1, -0.05) is 90.9 Å². The van der Waals surface area contributed by atoms with Crippen molar-refractivity contribution in [2.75, 3.05) is 0 Å². The molecule has 0 bridgehead atoms. The lowest BCUT2D eigenvalue weighted by atomic mass is 9.94. The Bertz CT molecular complexity index is 213. The van der Waals surface area contributed by atoms with Gasteiger partial charge in [-0.2, -0.15) is 0 Å². The van der Waals surface area contributed by atoms with E-state index in [0.29, 0.717) is 6.42 Å². The molecule has 0 aromatic carbocycles. The molecule has 0 saturated carbocycles.